The van der Waals surface area contributed by atoms with Crippen molar-refractivity contribution in [2.45, 2.75) is 4.90 Å². The SMILES string of the molecule is O=C(COc1ccc(Cl)cc1S(=O)(=O)N1CCOCC1)Nc1c(F)cccc1F. The Morgan fingerprint density at radius 2 is 1.83 bits per heavy atom. The second kappa shape index (κ2) is 9.04. The van der Waals surface area contributed by atoms with Gasteiger partial charge in [0.1, 0.15) is 28.0 Å². The van der Waals surface area contributed by atoms with E-state index in [9.17, 15) is 22.0 Å². The van der Waals surface area contributed by atoms with Crippen molar-refractivity contribution in [3.63, 3.8) is 0 Å². The summed E-state index contributed by atoms with van der Waals surface area (Å²) in [6.45, 7) is 0.183. The molecule has 1 N–H and O–H groups in total. The molecule has 3 rings (SSSR count). The zero-order valence-electron chi connectivity index (χ0n) is 15.0. The minimum Gasteiger partial charge on any atom is -0.482 e. The molecule has 1 aliphatic rings. The summed E-state index contributed by atoms with van der Waals surface area (Å²) < 4.78 is 64.8. The molecule has 1 saturated heterocycles. The van der Waals surface area contributed by atoms with Gasteiger partial charge in [0.05, 0.1) is 13.2 Å². The molecule has 0 unspecified atom stereocenters. The maximum Gasteiger partial charge on any atom is 0.262 e. The van der Waals surface area contributed by atoms with E-state index in [2.05, 4.69) is 5.32 Å². The van der Waals surface area contributed by atoms with Crippen molar-refractivity contribution in [1.82, 2.24) is 4.31 Å². The minimum atomic E-state index is -3.94. The molecule has 2 aromatic carbocycles. The number of ether oxygens (including phenoxy) is 2. The molecule has 0 radical (unpaired) electrons. The summed E-state index contributed by atoms with van der Waals surface area (Å²) in [5.41, 5.74) is -0.613. The summed E-state index contributed by atoms with van der Waals surface area (Å²) in [6.07, 6.45) is 0. The van der Waals surface area contributed by atoms with E-state index in [1.54, 1.807) is 0 Å². The zero-order chi connectivity index (χ0) is 21.0. The van der Waals surface area contributed by atoms with E-state index in [-0.39, 0.29) is 42.0 Å². The van der Waals surface area contributed by atoms with Gasteiger partial charge in [0.25, 0.3) is 5.91 Å². The largest absolute Gasteiger partial charge is 0.482 e. The fourth-order valence-corrected chi connectivity index (χ4v) is 4.47. The number of halogens is 3. The van der Waals surface area contributed by atoms with Crippen LogP contribution in [0.2, 0.25) is 5.02 Å². The molecule has 0 aliphatic carbocycles. The average Bonchev–Trinajstić information content (AvgIpc) is 2.70. The average molecular weight is 447 g/mol. The second-order valence-corrected chi connectivity index (χ2v) is 8.38. The van der Waals surface area contributed by atoms with Gasteiger partial charge in [-0.2, -0.15) is 4.31 Å². The molecule has 1 aliphatic heterocycles. The van der Waals surface area contributed by atoms with E-state index in [1.165, 1.54) is 22.5 Å². The second-order valence-electron chi connectivity index (χ2n) is 6.04. The van der Waals surface area contributed by atoms with E-state index < -0.39 is 39.9 Å². The Morgan fingerprint density at radius 1 is 1.17 bits per heavy atom. The van der Waals surface area contributed by atoms with Gasteiger partial charge in [0.15, 0.2) is 6.61 Å². The maximum atomic E-state index is 13.6. The fourth-order valence-electron chi connectivity index (χ4n) is 2.66. The third kappa shape index (κ3) is 5.02. The minimum absolute atomic E-state index is 0.106. The molecule has 1 heterocycles. The molecule has 0 atom stereocenters. The Morgan fingerprint density at radius 3 is 2.48 bits per heavy atom. The first-order chi connectivity index (χ1) is 13.8. The Hall–Kier alpha value is -2.27. The van der Waals surface area contributed by atoms with Gasteiger partial charge in [0, 0.05) is 18.1 Å². The molecule has 2 aromatic rings. The molecule has 29 heavy (non-hydrogen) atoms. The fraction of sp³-hybridized carbons (Fsp3) is 0.278. The molecule has 11 heteroatoms. The van der Waals surface area contributed by atoms with Crippen LogP contribution in [0.25, 0.3) is 0 Å². The van der Waals surface area contributed by atoms with Crippen molar-refractivity contribution in [2.24, 2.45) is 0 Å². The van der Waals surface area contributed by atoms with Crippen molar-refractivity contribution in [1.29, 1.82) is 0 Å². The van der Waals surface area contributed by atoms with E-state index in [1.807, 2.05) is 0 Å². The third-order valence-electron chi connectivity index (χ3n) is 4.08. The molecule has 0 saturated carbocycles. The number of nitrogens with one attached hydrogen (secondary N) is 1. The number of hydrogen-bond donors (Lipinski definition) is 1. The van der Waals surface area contributed by atoms with Gasteiger partial charge in [-0.05, 0) is 30.3 Å². The Balaban J connectivity index is 1.77. The number of sulfonamides is 1. The highest BCUT2D eigenvalue weighted by molar-refractivity contribution is 7.89. The number of nitrogens with zero attached hydrogens (tertiary/aromatic N) is 1. The zero-order valence-corrected chi connectivity index (χ0v) is 16.6. The summed E-state index contributed by atoms with van der Waals surface area (Å²) in [7, 11) is -3.94. The van der Waals surface area contributed by atoms with Crippen LogP contribution in [-0.4, -0.2) is 51.5 Å². The number of amides is 1. The molecule has 7 nitrogen and oxygen atoms in total. The van der Waals surface area contributed by atoms with Crippen LogP contribution in [0.5, 0.6) is 5.75 Å². The summed E-state index contributed by atoms with van der Waals surface area (Å²) in [4.78, 5) is 11.8. The Kier molecular flexibility index (Phi) is 6.68. The summed E-state index contributed by atoms with van der Waals surface area (Å²) in [6, 6.07) is 7.08. The number of rotatable bonds is 6. The lowest BCUT2D eigenvalue weighted by atomic mass is 10.3. The van der Waals surface area contributed by atoms with E-state index >= 15 is 0 Å². The summed E-state index contributed by atoms with van der Waals surface area (Å²) in [5, 5.41) is 2.23. The number of anilines is 1. The first kappa shape index (κ1) is 21.4. The Labute approximate surface area is 171 Å². The number of benzene rings is 2. The molecule has 0 bridgehead atoms. The van der Waals surface area contributed by atoms with Gasteiger partial charge in [-0.3, -0.25) is 4.79 Å². The third-order valence-corrected chi connectivity index (χ3v) is 6.23. The van der Waals surface area contributed by atoms with E-state index in [4.69, 9.17) is 21.1 Å². The molecule has 1 fully saturated rings. The van der Waals surface area contributed by atoms with Gasteiger partial charge in [0.2, 0.25) is 10.0 Å². The van der Waals surface area contributed by atoms with Crippen molar-refractivity contribution < 1.29 is 31.5 Å². The monoisotopic (exact) mass is 446 g/mol. The van der Waals surface area contributed by atoms with Crippen molar-refractivity contribution >= 4 is 33.2 Å². The highest BCUT2D eigenvalue weighted by Crippen LogP contribution is 2.30. The van der Waals surface area contributed by atoms with Crippen LogP contribution in [0.1, 0.15) is 0 Å². The van der Waals surface area contributed by atoms with Crippen LogP contribution >= 0.6 is 11.6 Å². The summed E-state index contributed by atoms with van der Waals surface area (Å²) >= 11 is 5.94. The van der Waals surface area contributed by atoms with Crippen molar-refractivity contribution in [2.75, 3.05) is 38.2 Å². The molecular formula is C18H17ClF2N2O5S. The first-order valence-corrected chi connectivity index (χ1v) is 10.3. The quantitative estimate of drug-likeness (QED) is 0.737. The highest BCUT2D eigenvalue weighted by atomic mass is 35.5. The van der Waals surface area contributed by atoms with Gasteiger partial charge >= 0.3 is 0 Å². The Bertz CT molecular complexity index is 993. The van der Waals surface area contributed by atoms with Crippen LogP contribution < -0.4 is 10.1 Å². The molecule has 1 amide bonds. The van der Waals surface area contributed by atoms with Crippen molar-refractivity contribution in [3.8, 4) is 5.75 Å². The summed E-state index contributed by atoms with van der Waals surface area (Å²) in [5.74, 6) is -2.86. The predicted molar refractivity (Wildman–Crippen MR) is 102 cm³/mol. The smallest absolute Gasteiger partial charge is 0.262 e. The van der Waals surface area contributed by atoms with Crippen LogP contribution in [0.3, 0.4) is 0 Å². The number of carbonyl (C=O) groups is 1. The van der Waals surface area contributed by atoms with Crippen LogP contribution in [0, 0.1) is 11.6 Å². The lowest BCUT2D eigenvalue weighted by molar-refractivity contribution is -0.118. The number of hydrogen-bond acceptors (Lipinski definition) is 5. The van der Waals surface area contributed by atoms with Gasteiger partial charge < -0.3 is 14.8 Å². The van der Waals surface area contributed by atoms with E-state index in [0.29, 0.717) is 0 Å². The molecule has 0 spiro atoms. The number of para-hydroxylation sites is 1. The normalized spacial score (nSPS) is 15.1. The van der Waals surface area contributed by atoms with E-state index in [0.717, 1.165) is 18.2 Å². The maximum absolute atomic E-state index is 13.6. The predicted octanol–water partition coefficient (Wildman–Crippen LogP) is 2.66. The van der Waals surface area contributed by atoms with Gasteiger partial charge in [-0.1, -0.05) is 17.7 Å². The number of morpholine rings is 1. The standard InChI is InChI=1S/C18H17ClF2N2O5S/c19-12-4-5-15(16(10-12)29(25,26)23-6-8-27-9-7-23)28-11-17(24)22-18-13(20)2-1-3-14(18)21/h1-5,10H,6-9,11H2,(H,22,24). The van der Waals surface area contributed by atoms with Gasteiger partial charge in [-0.25, -0.2) is 17.2 Å². The van der Waals surface area contributed by atoms with Crippen LogP contribution in [0.15, 0.2) is 41.3 Å². The van der Waals surface area contributed by atoms with Crippen molar-refractivity contribution in [3.05, 3.63) is 53.1 Å². The lowest BCUT2D eigenvalue weighted by Gasteiger charge is -2.26. The molecule has 156 valence electrons. The topological polar surface area (TPSA) is 84.9 Å². The molecule has 0 aromatic heterocycles. The number of carbonyl (C=O) groups excluding carboxylic acids is 1. The highest BCUT2D eigenvalue weighted by Gasteiger charge is 2.30. The molecular weight excluding hydrogens is 430 g/mol. The van der Waals surface area contributed by atoms with Crippen LogP contribution in [0.4, 0.5) is 14.5 Å². The lowest BCUT2D eigenvalue weighted by Crippen LogP contribution is -2.40. The van der Waals surface area contributed by atoms with Gasteiger partial charge in [-0.15, -0.1) is 0 Å². The first-order valence-electron chi connectivity index (χ1n) is 8.53. The van der Waals surface area contributed by atoms with Crippen LogP contribution in [-0.2, 0) is 19.6 Å².